The van der Waals surface area contributed by atoms with Crippen molar-refractivity contribution in [2.24, 2.45) is 5.92 Å². The van der Waals surface area contributed by atoms with Crippen LogP contribution in [0, 0.1) is 5.92 Å². The zero-order valence-electron chi connectivity index (χ0n) is 8.94. The molecule has 1 rings (SSSR count). The Hall–Kier alpha value is -1.10. The van der Waals surface area contributed by atoms with Crippen LogP contribution >= 0.6 is 0 Å². The number of carboxylic acids is 1. The summed E-state index contributed by atoms with van der Waals surface area (Å²) in [6.07, 6.45) is 1.92. The first kappa shape index (κ1) is 12.0. The molecule has 1 unspecified atom stereocenters. The van der Waals surface area contributed by atoms with Gasteiger partial charge in [0.25, 0.3) is 0 Å². The van der Waals surface area contributed by atoms with Crippen LogP contribution in [0.15, 0.2) is 0 Å². The van der Waals surface area contributed by atoms with Gasteiger partial charge in [-0.2, -0.15) is 0 Å². The van der Waals surface area contributed by atoms with Gasteiger partial charge in [-0.25, -0.2) is 0 Å². The number of methoxy groups -OCH3 is 1. The molecule has 0 saturated carbocycles. The summed E-state index contributed by atoms with van der Waals surface area (Å²) in [4.78, 5) is 23.7. The molecule has 0 aromatic heterocycles. The average molecular weight is 215 g/mol. The van der Waals surface area contributed by atoms with Gasteiger partial charge in [0.05, 0.1) is 0 Å². The molecule has 1 aliphatic heterocycles. The highest BCUT2D eigenvalue weighted by atomic mass is 16.5. The van der Waals surface area contributed by atoms with Crippen molar-refractivity contribution in [3.8, 4) is 0 Å². The molecule has 1 N–H and O–H groups in total. The van der Waals surface area contributed by atoms with Gasteiger partial charge in [-0.3, -0.25) is 9.59 Å². The van der Waals surface area contributed by atoms with E-state index in [1.54, 1.807) is 4.90 Å². The molecule has 0 spiro atoms. The maximum atomic E-state index is 11.5. The molecular formula is C10H17NO4. The lowest BCUT2D eigenvalue weighted by Crippen LogP contribution is -2.42. The summed E-state index contributed by atoms with van der Waals surface area (Å²) in [5.74, 6) is -0.745. The lowest BCUT2D eigenvalue weighted by atomic mass is 9.95. The van der Waals surface area contributed by atoms with Crippen LogP contribution in [0.5, 0.6) is 0 Å². The van der Waals surface area contributed by atoms with Crippen LogP contribution in [0.3, 0.4) is 0 Å². The van der Waals surface area contributed by atoms with Crippen LogP contribution in [-0.4, -0.2) is 48.7 Å². The molecule has 86 valence electrons. The summed E-state index contributed by atoms with van der Waals surface area (Å²) in [5, 5.41) is 8.67. The number of hydrogen-bond donors (Lipinski definition) is 1. The minimum atomic E-state index is -0.791. The van der Waals surface area contributed by atoms with Gasteiger partial charge >= 0.3 is 5.97 Å². The number of ether oxygens (including phenoxy) is 1. The molecule has 15 heavy (non-hydrogen) atoms. The highest BCUT2D eigenvalue weighted by molar-refractivity contribution is 5.77. The summed E-state index contributed by atoms with van der Waals surface area (Å²) in [6, 6.07) is 0. The highest BCUT2D eigenvalue weighted by Gasteiger charge is 2.24. The molecule has 5 nitrogen and oxygen atoms in total. The summed E-state index contributed by atoms with van der Waals surface area (Å²) >= 11 is 0. The third-order valence-electron chi connectivity index (χ3n) is 2.60. The van der Waals surface area contributed by atoms with E-state index in [9.17, 15) is 9.59 Å². The Bertz CT molecular complexity index is 242. The van der Waals surface area contributed by atoms with Crippen molar-refractivity contribution in [3.05, 3.63) is 0 Å². The van der Waals surface area contributed by atoms with Crippen molar-refractivity contribution in [1.29, 1.82) is 0 Å². The minimum Gasteiger partial charge on any atom is -0.481 e. The van der Waals surface area contributed by atoms with Gasteiger partial charge in [-0.05, 0) is 18.8 Å². The van der Waals surface area contributed by atoms with Crippen molar-refractivity contribution >= 4 is 11.9 Å². The first-order valence-electron chi connectivity index (χ1n) is 5.12. The predicted molar refractivity (Wildman–Crippen MR) is 53.4 cm³/mol. The standard InChI is InChI=1S/C10H17NO4/c1-15-7-9(12)11-4-2-3-8(6-11)5-10(13)14/h8H,2-7H2,1H3,(H,13,14). The van der Waals surface area contributed by atoms with Gasteiger partial charge in [-0.15, -0.1) is 0 Å². The molecule has 0 aliphatic carbocycles. The van der Waals surface area contributed by atoms with Crippen molar-refractivity contribution in [1.82, 2.24) is 4.90 Å². The summed E-state index contributed by atoms with van der Waals surface area (Å²) in [6.45, 7) is 1.35. The Balaban J connectivity index is 2.41. The molecule has 1 heterocycles. The zero-order valence-corrected chi connectivity index (χ0v) is 8.94. The summed E-state index contributed by atoms with van der Waals surface area (Å²) in [7, 11) is 1.48. The Kier molecular flexibility index (Phi) is 4.55. The smallest absolute Gasteiger partial charge is 0.303 e. The molecule has 1 aliphatic rings. The van der Waals surface area contributed by atoms with E-state index < -0.39 is 5.97 Å². The number of carbonyl (C=O) groups excluding carboxylic acids is 1. The Morgan fingerprint density at radius 3 is 2.87 bits per heavy atom. The fourth-order valence-corrected chi connectivity index (χ4v) is 1.92. The van der Waals surface area contributed by atoms with Crippen LogP contribution in [0.25, 0.3) is 0 Å². The number of hydrogen-bond acceptors (Lipinski definition) is 3. The topological polar surface area (TPSA) is 66.8 Å². The fraction of sp³-hybridized carbons (Fsp3) is 0.800. The third-order valence-corrected chi connectivity index (χ3v) is 2.60. The van der Waals surface area contributed by atoms with E-state index >= 15 is 0 Å². The summed E-state index contributed by atoms with van der Waals surface area (Å²) < 4.78 is 4.77. The lowest BCUT2D eigenvalue weighted by Gasteiger charge is -2.31. The molecule has 0 aromatic carbocycles. The number of likely N-dealkylation sites (tertiary alicyclic amines) is 1. The first-order valence-corrected chi connectivity index (χ1v) is 5.12. The van der Waals surface area contributed by atoms with Crippen LogP contribution < -0.4 is 0 Å². The van der Waals surface area contributed by atoms with Crippen molar-refractivity contribution in [2.45, 2.75) is 19.3 Å². The Morgan fingerprint density at radius 2 is 2.27 bits per heavy atom. The van der Waals surface area contributed by atoms with Gasteiger partial charge in [0.2, 0.25) is 5.91 Å². The molecule has 0 aromatic rings. The predicted octanol–water partition coefficient (Wildman–Crippen LogP) is 0.346. The van der Waals surface area contributed by atoms with Gasteiger partial charge < -0.3 is 14.7 Å². The van der Waals surface area contributed by atoms with Gasteiger partial charge in [0.15, 0.2) is 0 Å². The SMILES string of the molecule is COCC(=O)N1CCCC(CC(=O)O)C1. The van der Waals surface area contributed by atoms with E-state index in [-0.39, 0.29) is 24.9 Å². The Labute approximate surface area is 89.0 Å². The van der Waals surface area contributed by atoms with Crippen molar-refractivity contribution in [3.63, 3.8) is 0 Å². The number of carbonyl (C=O) groups is 2. The summed E-state index contributed by atoms with van der Waals surface area (Å²) in [5.41, 5.74) is 0. The quantitative estimate of drug-likeness (QED) is 0.734. The van der Waals surface area contributed by atoms with Crippen molar-refractivity contribution < 1.29 is 19.4 Å². The second kappa shape index (κ2) is 5.70. The van der Waals surface area contributed by atoms with Gasteiger partial charge in [0.1, 0.15) is 6.61 Å². The van der Waals surface area contributed by atoms with Gasteiger partial charge in [-0.1, -0.05) is 0 Å². The third kappa shape index (κ3) is 3.87. The molecule has 0 radical (unpaired) electrons. The number of carboxylic acid groups (broad SMARTS) is 1. The number of rotatable bonds is 4. The highest BCUT2D eigenvalue weighted by Crippen LogP contribution is 2.19. The maximum Gasteiger partial charge on any atom is 0.303 e. The second-order valence-corrected chi connectivity index (χ2v) is 3.88. The molecule has 1 atom stereocenters. The minimum absolute atomic E-state index is 0.0485. The van der Waals surface area contributed by atoms with E-state index in [1.165, 1.54) is 7.11 Å². The molecule has 1 amide bonds. The number of aliphatic carboxylic acids is 1. The normalized spacial score (nSPS) is 21.4. The maximum absolute atomic E-state index is 11.5. The number of nitrogens with zero attached hydrogens (tertiary/aromatic N) is 1. The van der Waals surface area contributed by atoms with Crippen molar-refractivity contribution in [2.75, 3.05) is 26.8 Å². The first-order chi connectivity index (χ1) is 7.13. The Morgan fingerprint density at radius 1 is 1.53 bits per heavy atom. The van der Waals surface area contributed by atoms with E-state index in [4.69, 9.17) is 9.84 Å². The number of piperidine rings is 1. The van der Waals surface area contributed by atoms with Crippen LogP contribution in [0.1, 0.15) is 19.3 Å². The lowest BCUT2D eigenvalue weighted by molar-refractivity contribution is -0.142. The number of amides is 1. The van der Waals surface area contributed by atoms with E-state index in [0.717, 1.165) is 19.4 Å². The molecular weight excluding hydrogens is 198 g/mol. The zero-order chi connectivity index (χ0) is 11.3. The van der Waals surface area contributed by atoms with Crippen LogP contribution in [-0.2, 0) is 14.3 Å². The van der Waals surface area contributed by atoms with E-state index in [1.807, 2.05) is 0 Å². The molecule has 0 bridgehead atoms. The second-order valence-electron chi connectivity index (χ2n) is 3.88. The van der Waals surface area contributed by atoms with Crippen LogP contribution in [0.2, 0.25) is 0 Å². The average Bonchev–Trinajstić information content (AvgIpc) is 2.17. The van der Waals surface area contributed by atoms with E-state index in [2.05, 4.69) is 0 Å². The fourth-order valence-electron chi connectivity index (χ4n) is 1.92. The largest absolute Gasteiger partial charge is 0.481 e. The van der Waals surface area contributed by atoms with Crippen LogP contribution in [0.4, 0.5) is 0 Å². The molecule has 1 saturated heterocycles. The molecule has 1 fully saturated rings. The van der Waals surface area contributed by atoms with Gasteiger partial charge in [0, 0.05) is 26.6 Å². The van der Waals surface area contributed by atoms with E-state index in [0.29, 0.717) is 6.54 Å². The molecule has 5 heteroatoms. The monoisotopic (exact) mass is 215 g/mol.